The number of para-hydroxylation sites is 1. The van der Waals surface area contributed by atoms with Gasteiger partial charge in [0.05, 0.1) is 24.5 Å². The molecule has 6 nitrogen and oxygen atoms in total. The summed E-state index contributed by atoms with van der Waals surface area (Å²) in [5, 5.41) is 5.15. The summed E-state index contributed by atoms with van der Waals surface area (Å²) < 4.78 is 6.11. The van der Waals surface area contributed by atoms with Crippen LogP contribution in [0, 0.1) is 11.8 Å². The summed E-state index contributed by atoms with van der Waals surface area (Å²) in [6, 6.07) is 9.51. The van der Waals surface area contributed by atoms with Crippen molar-refractivity contribution in [3.63, 3.8) is 0 Å². The van der Waals surface area contributed by atoms with E-state index in [-0.39, 0.29) is 17.9 Å². The summed E-state index contributed by atoms with van der Waals surface area (Å²) in [6.45, 7) is 0.439. The van der Waals surface area contributed by atoms with Crippen LogP contribution in [-0.4, -0.2) is 35.0 Å². The molecule has 1 aromatic heterocycles. The van der Waals surface area contributed by atoms with Crippen molar-refractivity contribution in [2.24, 2.45) is 11.8 Å². The molecule has 4 unspecified atom stereocenters. The Morgan fingerprint density at radius 3 is 2.96 bits per heavy atom. The zero-order valence-corrected chi connectivity index (χ0v) is 14.0. The van der Waals surface area contributed by atoms with E-state index >= 15 is 0 Å². The lowest BCUT2D eigenvalue weighted by Crippen LogP contribution is -2.41. The topological polar surface area (TPSA) is 71.5 Å². The van der Waals surface area contributed by atoms with E-state index < -0.39 is 17.4 Å². The van der Waals surface area contributed by atoms with E-state index in [2.05, 4.69) is 10.3 Å². The quantitative estimate of drug-likeness (QED) is 0.858. The summed E-state index contributed by atoms with van der Waals surface area (Å²) >= 11 is 1.35. The molecule has 4 atom stereocenters. The first-order valence-corrected chi connectivity index (χ1v) is 9.00. The second-order valence-electron chi connectivity index (χ2n) is 6.49. The zero-order valence-electron chi connectivity index (χ0n) is 13.2. The van der Waals surface area contributed by atoms with Crippen LogP contribution >= 0.6 is 11.3 Å². The Labute approximate surface area is 148 Å². The van der Waals surface area contributed by atoms with E-state index in [9.17, 15) is 9.59 Å². The molecule has 0 saturated carbocycles. The third-order valence-corrected chi connectivity index (χ3v) is 5.82. The number of anilines is 2. The Hall–Kier alpha value is -2.51. The number of fused-ring (bicyclic) bond motifs is 1. The van der Waals surface area contributed by atoms with Crippen LogP contribution in [0.5, 0.6) is 0 Å². The molecule has 1 spiro atoms. The smallest absolute Gasteiger partial charge is 0.234 e. The van der Waals surface area contributed by atoms with Crippen LogP contribution in [0.15, 0.2) is 54.1 Å². The maximum absolute atomic E-state index is 13.1. The van der Waals surface area contributed by atoms with E-state index in [0.29, 0.717) is 11.7 Å². The molecule has 1 aromatic carbocycles. The molecule has 3 aliphatic heterocycles. The van der Waals surface area contributed by atoms with Crippen LogP contribution in [0.1, 0.15) is 0 Å². The molecule has 2 aromatic rings. The van der Waals surface area contributed by atoms with Gasteiger partial charge in [0.25, 0.3) is 0 Å². The SMILES string of the molecule is O=C(Nc1nccs1)C1C2C=CC3(CN(c4ccccc4)C(=O)C13)O2. The summed E-state index contributed by atoms with van der Waals surface area (Å²) in [4.78, 5) is 31.7. The Morgan fingerprint density at radius 2 is 2.20 bits per heavy atom. The van der Waals surface area contributed by atoms with Crippen molar-refractivity contribution in [2.75, 3.05) is 16.8 Å². The average molecular weight is 353 g/mol. The number of rotatable bonds is 3. The predicted octanol–water partition coefficient (Wildman–Crippen LogP) is 2.07. The minimum atomic E-state index is -0.706. The lowest BCUT2D eigenvalue weighted by Gasteiger charge is -2.22. The summed E-state index contributed by atoms with van der Waals surface area (Å²) in [7, 11) is 0. The van der Waals surface area contributed by atoms with E-state index in [1.807, 2.05) is 42.5 Å². The maximum atomic E-state index is 13.1. The molecular weight excluding hydrogens is 338 g/mol. The molecule has 1 N–H and O–H groups in total. The van der Waals surface area contributed by atoms with E-state index in [4.69, 9.17) is 4.74 Å². The minimum Gasteiger partial charge on any atom is -0.360 e. The van der Waals surface area contributed by atoms with Gasteiger partial charge in [0.2, 0.25) is 11.8 Å². The highest BCUT2D eigenvalue weighted by Crippen LogP contribution is 2.52. The highest BCUT2D eigenvalue weighted by molar-refractivity contribution is 7.13. The molecule has 3 aliphatic rings. The summed E-state index contributed by atoms with van der Waals surface area (Å²) in [5.41, 5.74) is 0.124. The van der Waals surface area contributed by atoms with Crippen molar-refractivity contribution < 1.29 is 14.3 Å². The van der Waals surface area contributed by atoms with Crippen molar-refractivity contribution >= 4 is 34.0 Å². The second-order valence-corrected chi connectivity index (χ2v) is 7.38. The number of hydrogen-bond donors (Lipinski definition) is 1. The number of nitrogens with one attached hydrogen (secondary N) is 1. The van der Waals surface area contributed by atoms with Gasteiger partial charge in [-0.15, -0.1) is 11.3 Å². The Balaban J connectivity index is 1.47. The molecule has 7 heteroatoms. The van der Waals surface area contributed by atoms with Gasteiger partial charge in [-0.2, -0.15) is 0 Å². The number of hydrogen-bond acceptors (Lipinski definition) is 5. The normalized spacial score (nSPS) is 32.2. The van der Waals surface area contributed by atoms with Crippen LogP contribution < -0.4 is 10.2 Å². The standard InChI is InChI=1S/C18H15N3O3S/c22-15(20-17-19-8-9-25-17)13-12-6-7-18(24-12)10-21(16(23)14(13)18)11-4-2-1-3-5-11/h1-9,12-14H,10H2,(H,19,20,22). The van der Waals surface area contributed by atoms with Gasteiger partial charge in [0.15, 0.2) is 5.13 Å². The van der Waals surface area contributed by atoms with Gasteiger partial charge in [-0.25, -0.2) is 4.98 Å². The van der Waals surface area contributed by atoms with Crippen molar-refractivity contribution in [3.05, 3.63) is 54.1 Å². The molecule has 0 radical (unpaired) electrons. The van der Waals surface area contributed by atoms with Crippen molar-refractivity contribution in [2.45, 2.75) is 11.7 Å². The van der Waals surface area contributed by atoms with Crippen LogP contribution in [0.2, 0.25) is 0 Å². The fourth-order valence-electron chi connectivity index (χ4n) is 4.10. The number of nitrogens with zero attached hydrogens (tertiary/aromatic N) is 2. The molecule has 0 aliphatic carbocycles. The first kappa shape index (κ1) is 14.8. The van der Waals surface area contributed by atoms with Gasteiger partial charge >= 0.3 is 0 Å². The van der Waals surface area contributed by atoms with E-state index in [1.165, 1.54) is 11.3 Å². The molecule has 4 heterocycles. The number of carbonyl (C=O) groups is 2. The average Bonchev–Trinajstić information content (AvgIpc) is 3.38. The number of ether oxygens (including phenoxy) is 1. The molecule has 2 saturated heterocycles. The van der Waals surface area contributed by atoms with Crippen LogP contribution in [0.4, 0.5) is 10.8 Å². The zero-order chi connectivity index (χ0) is 17.0. The summed E-state index contributed by atoms with van der Waals surface area (Å²) in [6.07, 6.45) is 5.14. The molecule has 2 amide bonds. The van der Waals surface area contributed by atoms with Crippen LogP contribution in [-0.2, 0) is 14.3 Å². The predicted molar refractivity (Wildman–Crippen MR) is 93.3 cm³/mol. The fraction of sp³-hybridized carbons (Fsp3) is 0.278. The van der Waals surface area contributed by atoms with Gasteiger partial charge in [-0.3, -0.25) is 9.59 Å². The van der Waals surface area contributed by atoms with Gasteiger partial charge < -0.3 is 15.0 Å². The molecule has 2 bridgehead atoms. The highest BCUT2D eigenvalue weighted by Gasteiger charge is 2.67. The van der Waals surface area contributed by atoms with Gasteiger partial charge in [0, 0.05) is 17.3 Å². The van der Waals surface area contributed by atoms with Gasteiger partial charge in [-0.1, -0.05) is 30.4 Å². The molecule has 2 fully saturated rings. The lowest BCUT2D eigenvalue weighted by atomic mass is 9.77. The number of aromatic nitrogens is 1. The van der Waals surface area contributed by atoms with Gasteiger partial charge in [0.1, 0.15) is 5.60 Å². The number of carbonyl (C=O) groups excluding carboxylic acids is 2. The van der Waals surface area contributed by atoms with Crippen molar-refractivity contribution in [1.29, 1.82) is 0 Å². The van der Waals surface area contributed by atoms with Crippen molar-refractivity contribution in [1.82, 2.24) is 4.98 Å². The molecule has 126 valence electrons. The Bertz CT molecular complexity index is 867. The molecular formula is C18H15N3O3S. The van der Waals surface area contributed by atoms with Crippen LogP contribution in [0.3, 0.4) is 0 Å². The molecule has 5 rings (SSSR count). The van der Waals surface area contributed by atoms with E-state index in [1.54, 1.807) is 16.5 Å². The van der Waals surface area contributed by atoms with E-state index in [0.717, 1.165) is 5.69 Å². The van der Waals surface area contributed by atoms with Crippen LogP contribution in [0.25, 0.3) is 0 Å². The molecule has 25 heavy (non-hydrogen) atoms. The maximum Gasteiger partial charge on any atom is 0.234 e. The monoisotopic (exact) mass is 353 g/mol. The number of amides is 2. The largest absolute Gasteiger partial charge is 0.360 e. The van der Waals surface area contributed by atoms with Gasteiger partial charge in [-0.05, 0) is 12.1 Å². The third kappa shape index (κ3) is 2.09. The lowest BCUT2D eigenvalue weighted by molar-refractivity contribution is -0.128. The third-order valence-electron chi connectivity index (χ3n) is 5.13. The first-order valence-electron chi connectivity index (χ1n) is 8.12. The minimum absolute atomic E-state index is 0.0580. The summed E-state index contributed by atoms with van der Waals surface area (Å²) in [5.74, 6) is -1.30. The Morgan fingerprint density at radius 1 is 1.36 bits per heavy atom. The second kappa shape index (κ2) is 5.24. The first-order chi connectivity index (χ1) is 12.2. The highest BCUT2D eigenvalue weighted by atomic mass is 32.1. The number of thiazole rings is 1. The fourth-order valence-corrected chi connectivity index (χ4v) is 4.63. The number of benzene rings is 1. The van der Waals surface area contributed by atoms with Crippen molar-refractivity contribution in [3.8, 4) is 0 Å². The Kier molecular flexibility index (Phi) is 3.10.